The largest absolute Gasteiger partial charge is 0.384 e. The molecule has 1 spiro atoms. The number of anilines is 2. The smallest absolute Gasteiger partial charge is 0.250 e. The van der Waals surface area contributed by atoms with Crippen molar-refractivity contribution in [2.45, 2.75) is 54.4 Å². The Bertz CT molecular complexity index is 1180. The summed E-state index contributed by atoms with van der Waals surface area (Å²) in [6, 6.07) is 1.28. The molecule has 1 unspecified atom stereocenters. The minimum absolute atomic E-state index is 0.117. The van der Waals surface area contributed by atoms with Crippen molar-refractivity contribution in [3.8, 4) is 0 Å². The zero-order valence-corrected chi connectivity index (χ0v) is 19.1. The van der Waals surface area contributed by atoms with E-state index in [0.717, 1.165) is 21.4 Å². The van der Waals surface area contributed by atoms with Gasteiger partial charge in [0.15, 0.2) is 5.65 Å². The van der Waals surface area contributed by atoms with Crippen molar-refractivity contribution in [3.63, 3.8) is 0 Å². The van der Waals surface area contributed by atoms with Crippen LogP contribution < -0.4 is 16.4 Å². The molecule has 1 aliphatic heterocycles. The van der Waals surface area contributed by atoms with Gasteiger partial charge in [0.05, 0.1) is 15.6 Å². The molecule has 5 rings (SSSR count). The predicted octanol–water partition coefficient (Wildman–Crippen LogP) is 4.16. The van der Waals surface area contributed by atoms with Gasteiger partial charge in [-0.15, -0.1) is 0 Å². The van der Waals surface area contributed by atoms with Crippen LogP contribution in [0.5, 0.6) is 0 Å². The molecule has 0 amide bonds. The number of imidazole rings is 1. The lowest BCUT2D eigenvalue weighted by Crippen LogP contribution is -2.47. The van der Waals surface area contributed by atoms with Crippen molar-refractivity contribution >= 4 is 40.8 Å². The van der Waals surface area contributed by atoms with E-state index in [-0.39, 0.29) is 12.8 Å². The van der Waals surface area contributed by atoms with Crippen molar-refractivity contribution in [1.29, 1.82) is 0 Å². The lowest BCUT2D eigenvalue weighted by Gasteiger charge is -2.42. The van der Waals surface area contributed by atoms with Gasteiger partial charge in [0.1, 0.15) is 5.82 Å². The first-order valence-corrected chi connectivity index (χ1v) is 11.7. The van der Waals surface area contributed by atoms with Crippen molar-refractivity contribution in [2.75, 3.05) is 23.7 Å². The molecule has 1 saturated heterocycles. The number of pyridine rings is 1. The molecule has 3 aromatic rings. The van der Waals surface area contributed by atoms with Crippen molar-refractivity contribution in [1.82, 2.24) is 19.4 Å². The van der Waals surface area contributed by atoms with Gasteiger partial charge in [-0.05, 0) is 31.2 Å². The molecule has 7 nitrogen and oxygen atoms in total. The zero-order valence-electron chi connectivity index (χ0n) is 17.6. The van der Waals surface area contributed by atoms with Gasteiger partial charge in [0.25, 0.3) is 0 Å². The third-order valence-corrected chi connectivity index (χ3v) is 8.30. The Kier molecular flexibility index (Phi) is 5.22. The molecule has 1 atom stereocenters. The fourth-order valence-electron chi connectivity index (χ4n) is 4.99. The quantitative estimate of drug-likeness (QED) is 0.581. The number of halogens is 3. The Morgan fingerprint density at radius 3 is 2.66 bits per heavy atom. The van der Waals surface area contributed by atoms with E-state index < -0.39 is 17.4 Å². The van der Waals surface area contributed by atoms with Crippen LogP contribution in [0.25, 0.3) is 5.65 Å². The van der Waals surface area contributed by atoms with E-state index in [1.54, 1.807) is 18.5 Å². The summed E-state index contributed by atoms with van der Waals surface area (Å²) in [6.07, 6.45) is 6.27. The highest BCUT2D eigenvalue weighted by molar-refractivity contribution is 7.99. The first kappa shape index (κ1) is 21.7. The summed E-state index contributed by atoms with van der Waals surface area (Å²) in [5.41, 5.74) is 13.0. The minimum atomic E-state index is -2.66. The van der Waals surface area contributed by atoms with E-state index in [1.165, 1.54) is 11.8 Å². The van der Waals surface area contributed by atoms with Gasteiger partial charge in [-0.3, -0.25) is 4.40 Å². The number of nitrogens with zero attached hydrogens (tertiary/aromatic N) is 5. The second-order valence-electron chi connectivity index (χ2n) is 8.78. The van der Waals surface area contributed by atoms with E-state index in [1.807, 2.05) is 17.5 Å². The number of hydrogen-bond donors (Lipinski definition) is 2. The van der Waals surface area contributed by atoms with Crippen molar-refractivity contribution in [3.05, 3.63) is 35.4 Å². The maximum atomic E-state index is 14.0. The number of aromatic nitrogens is 4. The SMILES string of the molecule is Cc1nc(N)cc(Sc2cnc(N3CCC4(CC3)CC(F)(F)CC4N)n3ccnc23)c1Cl. The number of alkyl halides is 2. The highest BCUT2D eigenvalue weighted by Crippen LogP contribution is 2.52. The van der Waals surface area contributed by atoms with E-state index in [9.17, 15) is 8.78 Å². The third kappa shape index (κ3) is 3.68. The molecule has 4 heterocycles. The molecule has 0 bridgehead atoms. The molecule has 11 heteroatoms. The molecule has 0 aromatic carbocycles. The monoisotopic (exact) mass is 479 g/mol. The van der Waals surface area contributed by atoms with Crippen LogP contribution in [0, 0.1) is 12.3 Å². The maximum Gasteiger partial charge on any atom is 0.250 e. The summed E-state index contributed by atoms with van der Waals surface area (Å²) in [5, 5.41) is 0.545. The first-order chi connectivity index (χ1) is 15.2. The summed E-state index contributed by atoms with van der Waals surface area (Å²) in [4.78, 5) is 17.1. The number of hydrogen-bond acceptors (Lipinski definition) is 7. The van der Waals surface area contributed by atoms with Crippen LogP contribution in [0.4, 0.5) is 20.5 Å². The summed E-state index contributed by atoms with van der Waals surface area (Å²) >= 11 is 7.86. The molecule has 32 heavy (non-hydrogen) atoms. The van der Waals surface area contributed by atoms with Crippen molar-refractivity contribution in [2.24, 2.45) is 11.1 Å². The topological polar surface area (TPSA) is 98.4 Å². The molecule has 0 radical (unpaired) electrons. The third-order valence-electron chi connectivity index (χ3n) is 6.66. The maximum absolute atomic E-state index is 14.0. The van der Waals surface area contributed by atoms with E-state index >= 15 is 0 Å². The number of fused-ring (bicyclic) bond motifs is 1. The van der Waals surface area contributed by atoms with Crippen LogP contribution in [0.2, 0.25) is 5.02 Å². The summed E-state index contributed by atoms with van der Waals surface area (Å²) in [6.45, 7) is 3.06. The Morgan fingerprint density at radius 1 is 1.22 bits per heavy atom. The van der Waals surface area contributed by atoms with Crippen LogP contribution in [-0.2, 0) is 0 Å². The molecule has 2 aliphatic rings. The van der Waals surface area contributed by atoms with Gasteiger partial charge in [0, 0.05) is 55.5 Å². The van der Waals surface area contributed by atoms with Crippen LogP contribution in [0.3, 0.4) is 0 Å². The summed E-state index contributed by atoms with van der Waals surface area (Å²) in [7, 11) is 0. The van der Waals surface area contributed by atoms with Gasteiger partial charge >= 0.3 is 0 Å². The van der Waals surface area contributed by atoms with E-state index in [0.29, 0.717) is 42.5 Å². The standard InChI is InChI=1S/C21H24ClF2N7S/c1-12-17(22)13(8-16(26)29-12)32-14-10-28-19(31-7-4-27-18(14)31)30-5-2-20(3-6-30)11-21(23,24)9-15(20)25/h4,7-8,10,15H,2-3,5-6,9,11,25H2,1H3,(H2,26,29). The number of nitrogen functional groups attached to an aromatic ring is 1. The molecule has 1 saturated carbocycles. The van der Waals surface area contributed by atoms with Gasteiger partial charge in [0.2, 0.25) is 11.9 Å². The normalized spacial score (nSPS) is 22.2. The average Bonchev–Trinajstić information content (AvgIpc) is 3.30. The van der Waals surface area contributed by atoms with Gasteiger partial charge < -0.3 is 16.4 Å². The number of aryl methyl sites for hydroxylation is 1. The molecule has 170 valence electrons. The molecule has 1 aliphatic carbocycles. The first-order valence-electron chi connectivity index (χ1n) is 10.5. The van der Waals surface area contributed by atoms with E-state index in [4.69, 9.17) is 28.1 Å². The van der Waals surface area contributed by atoms with Crippen LogP contribution in [-0.4, -0.2) is 44.4 Å². The molecular formula is C21H24ClF2N7S. The number of piperidine rings is 1. The lowest BCUT2D eigenvalue weighted by molar-refractivity contribution is -0.00685. The van der Waals surface area contributed by atoms with Gasteiger partial charge in [-0.1, -0.05) is 23.4 Å². The van der Waals surface area contributed by atoms with Gasteiger partial charge in [-0.2, -0.15) is 0 Å². The van der Waals surface area contributed by atoms with Gasteiger partial charge in [-0.25, -0.2) is 23.7 Å². The summed E-state index contributed by atoms with van der Waals surface area (Å²) in [5.74, 6) is -1.52. The fourth-order valence-corrected chi connectivity index (χ4v) is 6.20. The average molecular weight is 480 g/mol. The Hall–Kier alpha value is -2.17. The van der Waals surface area contributed by atoms with Crippen LogP contribution >= 0.6 is 23.4 Å². The number of nitrogens with two attached hydrogens (primary N) is 2. The Labute approximate surface area is 193 Å². The Balaban J connectivity index is 1.40. The predicted molar refractivity (Wildman–Crippen MR) is 122 cm³/mol. The number of rotatable bonds is 3. The minimum Gasteiger partial charge on any atom is -0.384 e. The fraction of sp³-hybridized carbons (Fsp3) is 0.476. The second-order valence-corrected chi connectivity index (χ2v) is 10.2. The lowest BCUT2D eigenvalue weighted by atomic mass is 9.74. The second kappa shape index (κ2) is 7.71. The molecule has 4 N–H and O–H groups in total. The summed E-state index contributed by atoms with van der Waals surface area (Å²) < 4.78 is 29.9. The van der Waals surface area contributed by atoms with Crippen LogP contribution in [0.1, 0.15) is 31.4 Å². The highest BCUT2D eigenvalue weighted by atomic mass is 35.5. The molecular weight excluding hydrogens is 456 g/mol. The molecule has 3 aromatic heterocycles. The zero-order chi connectivity index (χ0) is 22.7. The highest BCUT2D eigenvalue weighted by Gasteiger charge is 2.55. The van der Waals surface area contributed by atoms with Crippen LogP contribution in [0.15, 0.2) is 34.4 Å². The molecule has 2 fully saturated rings. The van der Waals surface area contributed by atoms with E-state index in [2.05, 4.69) is 14.9 Å². The Morgan fingerprint density at radius 2 is 1.97 bits per heavy atom. The van der Waals surface area contributed by atoms with Crippen molar-refractivity contribution < 1.29 is 8.78 Å².